The molecule has 40 heavy (non-hydrogen) atoms. The van der Waals surface area contributed by atoms with Gasteiger partial charge in [0.25, 0.3) is 5.91 Å². The first-order valence-electron chi connectivity index (χ1n) is 14.0. The molecule has 0 unspecified atom stereocenters. The van der Waals surface area contributed by atoms with E-state index >= 15 is 0 Å². The quantitative estimate of drug-likeness (QED) is 0.219. The lowest BCUT2D eigenvalue weighted by atomic mass is 10.0. The van der Waals surface area contributed by atoms with Crippen LogP contribution in [-0.2, 0) is 17.8 Å². The minimum atomic E-state index is -0.0771. The summed E-state index contributed by atoms with van der Waals surface area (Å²) in [6.45, 7) is 1.18. The van der Waals surface area contributed by atoms with E-state index in [1.807, 2.05) is 96.0 Å². The maximum Gasteiger partial charge on any atom is 0.254 e. The number of fused-ring (bicyclic) bond motifs is 1. The summed E-state index contributed by atoms with van der Waals surface area (Å²) in [5.41, 5.74) is 6.17. The van der Waals surface area contributed by atoms with Crippen molar-refractivity contribution in [2.45, 2.75) is 31.8 Å². The molecule has 1 N–H and O–H groups in total. The van der Waals surface area contributed by atoms with Crippen molar-refractivity contribution in [1.29, 1.82) is 0 Å². The molecule has 200 valence electrons. The Morgan fingerprint density at radius 3 is 2.12 bits per heavy atom. The second kappa shape index (κ2) is 11.6. The van der Waals surface area contributed by atoms with Gasteiger partial charge in [-0.1, -0.05) is 91.0 Å². The zero-order valence-electron chi connectivity index (χ0n) is 22.5. The number of amides is 2. The fourth-order valence-corrected chi connectivity index (χ4v) is 5.29. The monoisotopic (exact) mass is 527 g/mol. The average molecular weight is 528 g/mol. The van der Waals surface area contributed by atoms with E-state index < -0.39 is 0 Å². The van der Waals surface area contributed by atoms with Gasteiger partial charge in [-0.15, -0.1) is 0 Å². The van der Waals surface area contributed by atoms with Crippen LogP contribution in [0.15, 0.2) is 115 Å². The van der Waals surface area contributed by atoms with Crippen molar-refractivity contribution >= 4 is 22.7 Å². The fraction of sp³-hybridized carbons (Fsp3) is 0.200. The van der Waals surface area contributed by atoms with Crippen molar-refractivity contribution in [1.82, 2.24) is 14.8 Å². The Labute approximate surface area is 235 Å². The Morgan fingerprint density at radius 1 is 0.750 bits per heavy atom. The molecule has 1 aliphatic rings. The first-order valence-corrected chi connectivity index (χ1v) is 14.0. The van der Waals surface area contributed by atoms with Crippen LogP contribution in [-0.4, -0.2) is 45.7 Å². The number of nitrogens with zero attached hydrogens (tertiary/aromatic N) is 2. The molecule has 1 saturated carbocycles. The van der Waals surface area contributed by atoms with Crippen molar-refractivity contribution in [3.05, 3.63) is 132 Å². The highest BCUT2D eigenvalue weighted by Gasteiger charge is 2.35. The molecule has 0 spiro atoms. The van der Waals surface area contributed by atoms with Crippen LogP contribution in [0.2, 0.25) is 0 Å². The van der Waals surface area contributed by atoms with Crippen LogP contribution >= 0.6 is 0 Å². The topological polar surface area (TPSA) is 56.4 Å². The van der Waals surface area contributed by atoms with Crippen LogP contribution < -0.4 is 0 Å². The van der Waals surface area contributed by atoms with E-state index in [9.17, 15) is 9.59 Å². The molecule has 0 radical (unpaired) electrons. The van der Waals surface area contributed by atoms with E-state index in [2.05, 4.69) is 29.2 Å². The molecular formula is C35H33N3O2. The molecule has 6 rings (SSSR count). The zero-order chi connectivity index (χ0) is 27.3. The summed E-state index contributed by atoms with van der Waals surface area (Å²) in [5, 5.41) is 1.18. The van der Waals surface area contributed by atoms with Crippen molar-refractivity contribution < 1.29 is 9.59 Å². The average Bonchev–Trinajstić information content (AvgIpc) is 3.78. The number of benzene rings is 4. The van der Waals surface area contributed by atoms with E-state index in [4.69, 9.17) is 0 Å². The molecule has 1 fully saturated rings. The van der Waals surface area contributed by atoms with E-state index in [0.717, 1.165) is 41.5 Å². The molecule has 0 bridgehead atoms. The molecule has 5 nitrogen and oxygen atoms in total. The van der Waals surface area contributed by atoms with Crippen LogP contribution in [0.1, 0.15) is 34.3 Å². The molecule has 0 aliphatic heterocycles. The number of nitrogens with one attached hydrogen (secondary N) is 1. The Morgan fingerprint density at radius 2 is 1.40 bits per heavy atom. The molecule has 5 heteroatoms. The molecule has 0 saturated heterocycles. The molecule has 4 aromatic carbocycles. The number of para-hydroxylation sites is 1. The lowest BCUT2D eigenvalue weighted by Gasteiger charge is -2.28. The van der Waals surface area contributed by atoms with E-state index in [-0.39, 0.29) is 24.4 Å². The first-order chi connectivity index (χ1) is 19.7. The van der Waals surface area contributed by atoms with Crippen LogP contribution in [0.3, 0.4) is 0 Å². The van der Waals surface area contributed by atoms with Gasteiger partial charge < -0.3 is 14.8 Å². The number of hydrogen-bond donors (Lipinski definition) is 1. The SMILES string of the molecule is O=C(CN(C(=O)c1ccc(-c2ccccc2)cc1)C1CC1)N(CCc1c[nH]c2ccccc12)Cc1ccccc1. The number of aromatic amines is 1. The van der Waals surface area contributed by atoms with Crippen LogP contribution in [0, 0.1) is 0 Å². The molecule has 1 aromatic heterocycles. The zero-order valence-corrected chi connectivity index (χ0v) is 22.5. The normalized spacial score (nSPS) is 12.8. The third kappa shape index (κ3) is 5.84. The number of carbonyl (C=O) groups is 2. The lowest BCUT2D eigenvalue weighted by molar-refractivity contribution is -0.132. The van der Waals surface area contributed by atoms with Crippen molar-refractivity contribution in [3.63, 3.8) is 0 Å². The van der Waals surface area contributed by atoms with Gasteiger partial charge in [-0.3, -0.25) is 9.59 Å². The molecule has 1 heterocycles. The fourth-order valence-electron chi connectivity index (χ4n) is 5.29. The Balaban J connectivity index is 1.19. The Bertz CT molecular complexity index is 1590. The minimum absolute atomic E-state index is 0.0233. The van der Waals surface area contributed by atoms with Gasteiger partial charge in [-0.2, -0.15) is 0 Å². The van der Waals surface area contributed by atoms with Gasteiger partial charge in [0.05, 0.1) is 0 Å². The summed E-state index contributed by atoms with van der Waals surface area (Å²) in [7, 11) is 0. The van der Waals surface area contributed by atoms with Crippen LogP contribution in [0.25, 0.3) is 22.0 Å². The highest BCUT2D eigenvalue weighted by molar-refractivity contribution is 5.97. The summed E-state index contributed by atoms with van der Waals surface area (Å²) < 4.78 is 0. The maximum atomic E-state index is 13.8. The summed E-state index contributed by atoms with van der Waals surface area (Å²) in [6.07, 6.45) is 4.65. The molecule has 0 atom stereocenters. The van der Waals surface area contributed by atoms with Gasteiger partial charge in [-0.25, -0.2) is 0 Å². The number of H-pyrrole nitrogens is 1. The third-order valence-corrected chi connectivity index (χ3v) is 7.69. The predicted octanol–water partition coefficient (Wildman–Crippen LogP) is 6.71. The molecule has 1 aliphatic carbocycles. The van der Waals surface area contributed by atoms with Gasteiger partial charge >= 0.3 is 0 Å². The number of carbonyl (C=O) groups excluding carboxylic acids is 2. The highest BCUT2D eigenvalue weighted by atomic mass is 16.2. The third-order valence-electron chi connectivity index (χ3n) is 7.69. The smallest absolute Gasteiger partial charge is 0.254 e. The van der Waals surface area contributed by atoms with E-state index in [0.29, 0.717) is 18.7 Å². The summed E-state index contributed by atoms with van der Waals surface area (Å²) in [5.74, 6) is -0.100. The first kappa shape index (κ1) is 25.6. The van der Waals surface area contributed by atoms with Crippen molar-refractivity contribution in [2.24, 2.45) is 0 Å². The number of rotatable bonds is 10. The van der Waals surface area contributed by atoms with E-state index in [1.165, 1.54) is 10.9 Å². The maximum absolute atomic E-state index is 13.8. The summed E-state index contributed by atoms with van der Waals surface area (Å²) >= 11 is 0. The summed E-state index contributed by atoms with van der Waals surface area (Å²) in [6, 6.07) is 36.3. The minimum Gasteiger partial charge on any atom is -0.361 e. The van der Waals surface area contributed by atoms with Gasteiger partial charge in [0, 0.05) is 41.8 Å². The standard InChI is InChI=1S/C35H33N3O2/c39-34(25-38(31-19-20-31)35(40)29-17-15-28(16-18-29)27-11-5-2-6-12-27)37(24-26-9-3-1-4-10-26)22-21-30-23-36-33-14-8-7-13-32(30)33/h1-18,23,31,36H,19-22,24-25H2. The number of hydrogen-bond acceptors (Lipinski definition) is 2. The van der Waals surface area contributed by atoms with Crippen LogP contribution in [0.4, 0.5) is 0 Å². The Hall–Kier alpha value is -4.64. The van der Waals surface area contributed by atoms with Gasteiger partial charge in [0.1, 0.15) is 6.54 Å². The highest BCUT2D eigenvalue weighted by Crippen LogP contribution is 2.29. The Kier molecular flexibility index (Phi) is 7.45. The predicted molar refractivity (Wildman–Crippen MR) is 160 cm³/mol. The van der Waals surface area contributed by atoms with Gasteiger partial charge in [0.2, 0.25) is 5.91 Å². The molecule has 5 aromatic rings. The van der Waals surface area contributed by atoms with Crippen LogP contribution in [0.5, 0.6) is 0 Å². The van der Waals surface area contributed by atoms with E-state index in [1.54, 1.807) is 4.90 Å². The second-order valence-corrected chi connectivity index (χ2v) is 10.5. The molecule has 2 amide bonds. The summed E-state index contributed by atoms with van der Waals surface area (Å²) in [4.78, 5) is 34.5. The van der Waals surface area contributed by atoms with Crippen molar-refractivity contribution in [2.75, 3.05) is 13.1 Å². The largest absolute Gasteiger partial charge is 0.361 e. The molecular weight excluding hydrogens is 494 g/mol. The van der Waals surface area contributed by atoms with Gasteiger partial charge in [0.15, 0.2) is 0 Å². The van der Waals surface area contributed by atoms with Gasteiger partial charge in [-0.05, 0) is 59.7 Å². The number of aromatic nitrogens is 1. The lowest BCUT2D eigenvalue weighted by Crippen LogP contribution is -2.44. The van der Waals surface area contributed by atoms with Crippen molar-refractivity contribution in [3.8, 4) is 11.1 Å². The second-order valence-electron chi connectivity index (χ2n) is 10.5.